The van der Waals surface area contributed by atoms with Crippen LogP contribution in [-0.2, 0) is 4.79 Å². The lowest BCUT2D eigenvalue weighted by Crippen LogP contribution is -2.24. The molecular formula is C27H28N2O6. The van der Waals surface area contributed by atoms with Crippen LogP contribution in [0.15, 0.2) is 65.8 Å². The molecule has 0 spiro atoms. The van der Waals surface area contributed by atoms with Gasteiger partial charge >= 0.3 is 5.97 Å². The van der Waals surface area contributed by atoms with Crippen LogP contribution in [0.4, 0.5) is 0 Å². The first-order valence-electron chi connectivity index (χ1n) is 11.0. The number of carbonyl (C=O) groups is 2. The number of carbonyl (C=O) groups excluding carboxylic acids is 2. The molecule has 0 aliphatic heterocycles. The van der Waals surface area contributed by atoms with Crippen molar-refractivity contribution in [1.29, 1.82) is 0 Å². The fourth-order valence-electron chi connectivity index (χ4n) is 3.01. The molecular weight excluding hydrogens is 448 g/mol. The zero-order chi connectivity index (χ0) is 25.2. The number of rotatable bonds is 10. The van der Waals surface area contributed by atoms with E-state index in [1.807, 2.05) is 39.0 Å². The molecule has 0 saturated heterocycles. The van der Waals surface area contributed by atoms with Crippen LogP contribution in [0, 0.1) is 13.8 Å². The number of aryl methyl sites for hydroxylation is 2. The van der Waals surface area contributed by atoms with Gasteiger partial charge in [-0.2, -0.15) is 5.10 Å². The zero-order valence-electron chi connectivity index (χ0n) is 20.2. The van der Waals surface area contributed by atoms with Gasteiger partial charge in [-0.3, -0.25) is 4.79 Å². The third-order valence-corrected chi connectivity index (χ3v) is 5.05. The van der Waals surface area contributed by atoms with Crippen molar-refractivity contribution in [3.63, 3.8) is 0 Å². The van der Waals surface area contributed by atoms with Crippen molar-refractivity contribution in [2.24, 2.45) is 5.10 Å². The molecule has 1 N–H and O–H groups in total. The molecule has 35 heavy (non-hydrogen) atoms. The summed E-state index contributed by atoms with van der Waals surface area (Å²) in [5, 5.41) is 3.96. The van der Waals surface area contributed by atoms with Crippen LogP contribution in [-0.4, -0.2) is 38.4 Å². The molecule has 3 aromatic rings. The Balaban J connectivity index is 1.59. The van der Waals surface area contributed by atoms with Gasteiger partial charge in [0.1, 0.15) is 11.5 Å². The van der Waals surface area contributed by atoms with E-state index in [-0.39, 0.29) is 12.4 Å². The molecule has 3 aromatic carbocycles. The number of hydrogen-bond acceptors (Lipinski definition) is 7. The van der Waals surface area contributed by atoms with E-state index in [2.05, 4.69) is 10.5 Å². The second-order valence-corrected chi connectivity index (χ2v) is 7.59. The largest absolute Gasteiger partial charge is 0.497 e. The standard InChI is InChI=1S/C27H28N2O6/c1-5-33-25-15-20(7-13-24(25)35-27(31)21-8-11-22(32-4)12-9-21)16-28-29-26(30)17-34-23-10-6-18(2)19(3)14-23/h6-16H,5,17H2,1-4H3,(H,29,30)/b28-16+. The molecule has 0 radical (unpaired) electrons. The van der Waals surface area contributed by atoms with Crippen LogP contribution in [0.2, 0.25) is 0 Å². The smallest absolute Gasteiger partial charge is 0.343 e. The monoisotopic (exact) mass is 476 g/mol. The molecule has 0 unspecified atom stereocenters. The summed E-state index contributed by atoms with van der Waals surface area (Å²) in [6, 6.07) is 17.2. The van der Waals surface area contributed by atoms with Crippen LogP contribution in [0.3, 0.4) is 0 Å². The van der Waals surface area contributed by atoms with Gasteiger partial charge in [-0.05, 0) is 92.1 Å². The second kappa shape index (κ2) is 12.2. The highest BCUT2D eigenvalue weighted by atomic mass is 16.6. The quantitative estimate of drug-likeness (QED) is 0.201. The van der Waals surface area contributed by atoms with Crippen LogP contribution >= 0.6 is 0 Å². The highest BCUT2D eigenvalue weighted by Crippen LogP contribution is 2.29. The van der Waals surface area contributed by atoms with Crippen LogP contribution in [0.25, 0.3) is 0 Å². The Bertz CT molecular complexity index is 1200. The molecule has 0 aliphatic rings. The Morgan fingerprint density at radius 1 is 0.886 bits per heavy atom. The highest BCUT2D eigenvalue weighted by molar-refractivity contribution is 5.92. The number of hydrogen-bond donors (Lipinski definition) is 1. The van der Waals surface area contributed by atoms with Gasteiger partial charge in [-0.1, -0.05) is 6.07 Å². The SMILES string of the molecule is CCOc1cc(/C=N/NC(=O)COc2ccc(C)c(C)c2)ccc1OC(=O)c1ccc(OC)cc1. The normalized spacial score (nSPS) is 10.6. The van der Waals surface area contributed by atoms with Gasteiger partial charge in [-0.15, -0.1) is 0 Å². The third-order valence-electron chi connectivity index (χ3n) is 5.05. The van der Waals surface area contributed by atoms with E-state index < -0.39 is 11.9 Å². The summed E-state index contributed by atoms with van der Waals surface area (Å²) >= 11 is 0. The summed E-state index contributed by atoms with van der Waals surface area (Å²) in [6.45, 7) is 6.03. The zero-order valence-corrected chi connectivity index (χ0v) is 20.2. The minimum atomic E-state index is -0.522. The van der Waals surface area contributed by atoms with Gasteiger partial charge in [0.25, 0.3) is 5.91 Å². The molecule has 182 valence electrons. The molecule has 0 atom stereocenters. The van der Waals surface area contributed by atoms with E-state index in [1.165, 1.54) is 6.21 Å². The maximum absolute atomic E-state index is 12.5. The maximum atomic E-state index is 12.5. The van der Waals surface area contributed by atoms with Gasteiger partial charge in [-0.25, -0.2) is 10.2 Å². The molecule has 0 aromatic heterocycles. The minimum absolute atomic E-state index is 0.162. The predicted molar refractivity (Wildman–Crippen MR) is 133 cm³/mol. The van der Waals surface area contributed by atoms with Gasteiger partial charge < -0.3 is 18.9 Å². The van der Waals surface area contributed by atoms with Gasteiger partial charge in [0.05, 0.1) is 25.5 Å². The first kappa shape index (κ1) is 25.3. The molecule has 3 rings (SSSR count). The lowest BCUT2D eigenvalue weighted by atomic mass is 10.1. The number of benzene rings is 3. The van der Waals surface area contributed by atoms with Crippen LogP contribution < -0.4 is 24.4 Å². The summed E-state index contributed by atoms with van der Waals surface area (Å²) in [5.41, 5.74) is 5.69. The van der Waals surface area contributed by atoms with Crippen molar-refractivity contribution in [2.45, 2.75) is 20.8 Å². The summed E-state index contributed by atoms with van der Waals surface area (Å²) in [6.07, 6.45) is 1.46. The van der Waals surface area contributed by atoms with Gasteiger partial charge in [0.2, 0.25) is 0 Å². The summed E-state index contributed by atoms with van der Waals surface area (Å²) < 4.78 is 21.7. The van der Waals surface area contributed by atoms with Crippen LogP contribution in [0.5, 0.6) is 23.0 Å². The summed E-state index contributed by atoms with van der Waals surface area (Å²) in [5.74, 6) is 0.997. The van der Waals surface area contributed by atoms with E-state index in [0.717, 1.165) is 11.1 Å². The van der Waals surface area contributed by atoms with Crippen molar-refractivity contribution in [2.75, 3.05) is 20.3 Å². The third kappa shape index (κ3) is 7.33. The Hall–Kier alpha value is -4.33. The van der Waals surface area contributed by atoms with E-state index >= 15 is 0 Å². The Labute approximate surface area is 204 Å². The fourth-order valence-corrected chi connectivity index (χ4v) is 3.01. The van der Waals surface area contributed by atoms with Gasteiger partial charge in [0.15, 0.2) is 18.1 Å². The van der Waals surface area contributed by atoms with E-state index in [1.54, 1.807) is 49.6 Å². The molecule has 0 heterocycles. The predicted octanol–water partition coefficient (Wildman–Crippen LogP) is 4.46. The second-order valence-electron chi connectivity index (χ2n) is 7.59. The summed E-state index contributed by atoms with van der Waals surface area (Å²) in [7, 11) is 1.55. The highest BCUT2D eigenvalue weighted by Gasteiger charge is 2.13. The van der Waals surface area contributed by atoms with E-state index in [0.29, 0.717) is 35.0 Å². The Morgan fingerprint density at radius 2 is 1.63 bits per heavy atom. The molecule has 1 amide bonds. The van der Waals surface area contributed by atoms with E-state index in [9.17, 15) is 9.59 Å². The van der Waals surface area contributed by atoms with Crippen molar-refractivity contribution >= 4 is 18.1 Å². The molecule has 0 saturated carbocycles. The average molecular weight is 477 g/mol. The molecule has 8 nitrogen and oxygen atoms in total. The number of ether oxygens (including phenoxy) is 4. The fraction of sp³-hybridized carbons (Fsp3) is 0.222. The summed E-state index contributed by atoms with van der Waals surface area (Å²) in [4.78, 5) is 24.5. The van der Waals surface area contributed by atoms with Gasteiger partial charge in [0, 0.05) is 0 Å². The Kier molecular flexibility index (Phi) is 8.83. The van der Waals surface area contributed by atoms with Crippen molar-refractivity contribution in [3.05, 3.63) is 82.9 Å². The first-order chi connectivity index (χ1) is 16.9. The first-order valence-corrected chi connectivity index (χ1v) is 11.0. The van der Waals surface area contributed by atoms with Crippen molar-refractivity contribution in [3.8, 4) is 23.0 Å². The number of hydrazone groups is 1. The molecule has 0 fully saturated rings. The molecule has 0 aliphatic carbocycles. The van der Waals surface area contributed by atoms with E-state index in [4.69, 9.17) is 18.9 Å². The molecule has 0 bridgehead atoms. The lowest BCUT2D eigenvalue weighted by Gasteiger charge is -2.11. The number of nitrogens with zero attached hydrogens (tertiary/aromatic N) is 1. The number of esters is 1. The minimum Gasteiger partial charge on any atom is -0.497 e. The van der Waals surface area contributed by atoms with Crippen molar-refractivity contribution < 1.29 is 28.5 Å². The van der Waals surface area contributed by atoms with Crippen molar-refractivity contribution in [1.82, 2.24) is 5.43 Å². The number of nitrogens with one attached hydrogen (secondary N) is 1. The lowest BCUT2D eigenvalue weighted by molar-refractivity contribution is -0.123. The van der Waals surface area contributed by atoms with Crippen LogP contribution in [0.1, 0.15) is 34.0 Å². The number of amides is 1. The topological polar surface area (TPSA) is 95.5 Å². The number of methoxy groups -OCH3 is 1. The Morgan fingerprint density at radius 3 is 2.31 bits per heavy atom. The average Bonchev–Trinajstić information content (AvgIpc) is 2.86. The molecule has 8 heteroatoms. The maximum Gasteiger partial charge on any atom is 0.343 e.